The van der Waals surface area contributed by atoms with Crippen molar-refractivity contribution in [2.45, 2.75) is 59.4 Å². The number of likely N-dealkylation sites (tertiary alicyclic amines) is 1. The molecule has 44 heavy (non-hydrogen) atoms. The largest absolute Gasteiger partial charge is 0.477 e. The van der Waals surface area contributed by atoms with Crippen molar-refractivity contribution in [1.82, 2.24) is 25.1 Å². The van der Waals surface area contributed by atoms with Crippen LogP contribution in [0.25, 0.3) is 11.3 Å². The molecule has 2 aromatic heterocycles. The molecule has 2 atom stereocenters. The molecule has 4 heterocycles. The Labute approximate surface area is 256 Å². The molecule has 2 aliphatic heterocycles. The van der Waals surface area contributed by atoms with E-state index in [1.54, 1.807) is 18.3 Å². The van der Waals surface area contributed by atoms with E-state index in [2.05, 4.69) is 15.2 Å². The zero-order valence-corrected chi connectivity index (χ0v) is 26.3. The van der Waals surface area contributed by atoms with Gasteiger partial charge in [-0.2, -0.15) is 13.2 Å². The Bertz CT molecular complexity index is 1300. The SMILES string of the molecule is CCOc1ncccc1-c1ccc(N2CCN(C(=O)O[C@@H](C(C)(C)C)C(F)(F)F)C[C@H]2CC)c(C(=O)NCC2CN(C)C2)n1. The number of nitrogens with one attached hydrogen (secondary N) is 1. The van der Waals surface area contributed by atoms with Gasteiger partial charge < -0.3 is 29.5 Å². The van der Waals surface area contributed by atoms with Gasteiger partial charge in [-0.1, -0.05) is 27.7 Å². The Morgan fingerprint density at radius 1 is 1.09 bits per heavy atom. The van der Waals surface area contributed by atoms with Gasteiger partial charge in [-0.05, 0) is 44.7 Å². The number of rotatable bonds is 9. The Kier molecular flexibility index (Phi) is 10.3. The Morgan fingerprint density at radius 2 is 1.82 bits per heavy atom. The maximum absolute atomic E-state index is 13.7. The molecule has 2 aromatic rings. The zero-order valence-electron chi connectivity index (χ0n) is 26.3. The molecule has 4 rings (SSSR count). The summed E-state index contributed by atoms with van der Waals surface area (Å²) in [6.45, 7) is 11.2. The van der Waals surface area contributed by atoms with Crippen LogP contribution in [0.2, 0.25) is 0 Å². The van der Waals surface area contributed by atoms with Crippen LogP contribution in [-0.4, -0.2) is 103 Å². The second-order valence-electron chi connectivity index (χ2n) is 12.5. The molecule has 242 valence electrons. The molecule has 0 spiro atoms. The summed E-state index contributed by atoms with van der Waals surface area (Å²) >= 11 is 0. The van der Waals surface area contributed by atoms with Gasteiger partial charge in [0, 0.05) is 62.8 Å². The molecule has 10 nitrogen and oxygen atoms in total. The summed E-state index contributed by atoms with van der Waals surface area (Å²) < 4.78 is 51.9. The van der Waals surface area contributed by atoms with Crippen LogP contribution >= 0.6 is 0 Å². The topological polar surface area (TPSA) is 100 Å². The number of alkyl halides is 3. The average molecular weight is 621 g/mol. The van der Waals surface area contributed by atoms with Crippen molar-refractivity contribution < 1.29 is 32.2 Å². The van der Waals surface area contributed by atoms with Gasteiger partial charge in [0.15, 0.2) is 5.69 Å². The summed E-state index contributed by atoms with van der Waals surface area (Å²) in [7, 11) is 2.03. The van der Waals surface area contributed by atoms with Crippen LogP contribution in [0.15, 0.2) is 30.5 Å². The third-order valence-electron chi connectivity index (χ3n) is 7.93. The second kappa shape index (κ2) is 13.6. The molecule has 0 saturated carbocycles. The van der Waals surface area contributed by atoms with Crippen LogP contribution in [0.1, 0.15) is 51.5 Å². The fourth-order valence-corrected chi connectivity index (χ4v) is 5.71. The highest BCUT2D eigenvalue weighted by molar-refractivity contribution is 5.98. The average Bonchev–Trinajstić information content (AvgIpc) is 2.96. The van der Waals surface area contributed by atoms with Crippen molar-refractivity contribution in [1.29, 1.82) is 0 Å². The molecule has 13 heteroatoms. The summed E-state index contributed by atoms with van der Waals surface area (Å²) in [5, 5.41) is 3.04. The molecule has 0 aromatic carbocycles. The summed E-state index contributed by atoms with van der Waals surface area (Å²) in [6, 6.07) is 6.95. The number of amides is 2. The van der Waals surface area contributed by atoms with Gasteiger partial charge in [-0.25, -0.2) is 14.8 Å². The van der Waals surface area contributed by atoms with E-state index in [1.807, 2.05) is 37.9 Å². The van der Waals surface area contributed by atoms with Gasteiger partial charge >= 0.3 is 12.3 Å². The number of anilines is 1. The van der Waals surface area contributed by atoms with Crippen LogP contribution in [0, 0.1) is 11.3 Å². The normalized spacial score (nSPS) is 18.9. The number of hydrogen-bond acceptors (Lipinski definition) is 8. The smallest absolute Gasteiger partial charge is 0.426 e. The zero-order chi connectivity index (χ0) is 32.2. The first-order chi connectivity index (χ1) is 20.7. The number of nitrogens with zero attached hydrogens (tertiary/aromatic N) is 5. The van der Waals surface area contributed by atoms with E-state index in [-0.39, 0.29) is 37.3 Å². The van der Waals surface area contributed by atoms with E-state index in [0.717, 1.165) is 13.1 Å². The highest BCUT2D eigenvalue weighted by Crippen LogP contribution is 2.37. The van der Waals surface area contributed by atoms with Crippen LogP contribution in [0.4, 0.5) is 23.7 Å². The Morgan fingerprint density at radius 3 is 2.43 bits per heavy atom. The quantitative estimate of drug-likeness (QED) is 0.425. The van der Waals surface area contributed by atoms with E-state index in [4.69, 9.17) is 14.5 Å². The van der Waals surface area contributed by atoms with Crippen LogP contribution in [0.3, 0.4) is 0 Å². The first kappa shape index (κ1) is 33.3. The number of hydrogen-bond donors (Lipinski definition) is 1. The van der Waals surface area contributed by atoms with Crippen molar-refractivity contribution >= 4 is 17.7 Å². The fraction of sp³-hybridized carbons (Fsp3) is 0.613. The van der Waals surface area contributed by atoms with Crippen LogP contribution in [0.5, 0.6) is 5.88 Å². The number of carbonyl (C=O) groups excluding carboxylic acids is 2. The Balaban J connectivity index is 1.60. The molecular weight excluding hydrogens is 577 g/mol. The van der Waals surface area contributed by atoms with Crippen molar-refractivity contribution in [2.24, 2.45) is 11.3 Å². The van der Waals surface area contributed by atoms with Crippen LogP contribution < -0.4 is 15.0 Å². The van der Waals surface area contributed by atoms with Gasteiger partial charge in [0.1, 0.15) is 0 Å². The lowest BCUT2D eigenvalue weighted by Crippen LogP contribution is -2.56. The Hall–Kier alpha value is -3.61. The van der Waals surface area contributed by atoms with Crippen LogP contribution in [-0.2, 0) is 4.74 Å². The molecule has 2 amide bonds. The number of pyridine rings is 2. The van der Waals surface area contributed by atoms with E-state index < -0.39 is 23.8 Å². The molecule has 0 radical (unpaired) electrons. The van der Waals surface area contributed by atoms with Crippen molar-refractivity contribution in [3.8, 4) is 17.1 Å². The minimum atomic E-state index is -4.69. The third kappa shape index (κ3) is 7.72. The standard InChI is InChI=1S/C31H43F3N6O4/c1-7-21-19-39(29(42)44-28(30(3,4)5)31(32,33)34)14-15-40(21)24-12-11-23(22-10-9-13-35-27(22)43-8-2)37-25(24)26(41)36-16-20-17-38(6)18-20/h9-13,20-21,28H,7-8,14-19H2,1-6H3,(H,36,41)/t21-,28+/m1/s1. The number of carbonyl (C=O) groups is 2. The summed E-state index contributed by atoms with van der Waals surface area (Å²) in [6.07, 6.45) is -5.74. The van der Waals surface area contributed by atoms with Crippen molar-refractivity contribution in [3.05, 3.63) is 36.2 Å². The predicted octanol–water partition coefficient (Wildman–Crippen LogP) is 4.85. The molecule has 2 saturated heterocycles. The summed E-state index contributed by atoms with van der Waals surface area (Å²) in [4.78, 5) is 41.2. The van der Waals surface area contributed by atoms with E-state index in [0.29, 0.717) is 48.3 Å². The summed E-state index contributed by atoms with van der Waals surface area (Å²) in [5.41, 5.74) is 0.658. The minimum absolute atomic E-state index is 0.123. The molecular formula is C31H43F3N6O4. The maximum Gasteiger partial charge on any atom is 0.426 e. The highest BCUT2D eigenvalue weighted by Gasteiger charge is 2.50. The lowest BCUT2D eigenvalue weighted by atomic mass is 9.88. The van der Waals surface area contributed by atoms with Gasteiger partial charge in [-0.15, -0.1) is 0 Å². The first-order valence-corrected chi connectivity index (χ1v) is 15.1. The van der Waals surface area contributed by atoms with E-state index in [9.17, 15) is 22.8 Å². The monoisotopic (exact) mass is 620 g/mol. The molecule has 0 unspecified atom stereocenters. The lowest BCUT2D eigenvalue weighted by molar-refractivity contribution is -0.232. The van der Waals surface area contributed by atoms with Gasteiger partial charge in [0.25, 0.3) is 5.91 Å². The van der Waals surface area contributed by atoms with Crippen molar-refractivity contribution in [3.63, 3.8) is 0 Å². The maximum atomic E-state index is 13.7. The lowest BCUT2D eigenvalue weighted by Gasteiger charge is -2.43. The highest BCUT2D eigenvalue weighted by atomic mass is 19.4. The predicted molar refractivity (Wildman–Crippen MR) is 161 cm³/mol. The van der Waals surface area contributed by atoms with E-state index >= 15 is 0 Å². The first-order valence-electron chi connectivity index (χ1n) is 15.1. The van der Waals surface area contributed by atoms with Gasteiger partial charge in [0.05, 0.1) is 23.6 Å². The number of ether oxygens (including phenoxy) is 2. The number of aromatic nitrogens is 2. The summed E-state index contributed by atoms with van der Waals surface area (Å²) in [5.74, 6) is 0.434. The van der Waals surface area contributed by atoms with E-state index in [1.165, 1.54) is 25.7 Å². The van der Waals surface area contributed by atoms with Crippen molar-refractivity contribution in [2.75, 3.05) is 57.8 Å². The molecule has 0 bridgehead atoms. The molecule has 1 N–H and O–H groups in total. The molecule has 2 fully saturated rings. The minimum Gasteiger partial charge on any atom is -0.477 e. The van der Waals surface area contributed by atoms with Gasteiger partial charge in [0.2, 0.25) is 12.0 Å². The van der Waals surface area contributed by atoms with Gasteiger partial charge in [-0.3, -0.25) is 4.79 Å². The number of piperazine rings is 1. The second-order valence-corrected chi connectivity index (χ2v) is 12.5. The number of halogens is 3. The molecule has 0 aliphatic carbocycles. The third-order valence-corrected chi connectivity index (χ3v) is 7.93. The fourth-order valence-electron chi connectivity index (χ4n) is 5.71. The molecule has 2 aliphatic rings.